The summed E-state index contributed by atoms with van der Waals surface area (Å²) in [6.45, 7) is 5.87. The van der Waals surface area contributed by atoms with E-state index in [0.717, 1.165) is 38.1 Å². The monoisotopic (exact) mass is 340 g/mol. The van der Waals surface area contributed by atoms with E-state index < -0.39 is 0 Å². The van der Waals surface area contributed by atoms with Gasteiger partial charge in [0.2, 0.25) is 5.91 Å². The Bertz CT molecular complexity index is 502. The van der Waals surface area contributed by atoms with E-state index in [1.54, 1.807) is 7.11 Å². The molecule has 1 heterocycles. The lowest BCUT2D eigenvalue weighted by atomic mass is 9.79. The summed E-state index contributed by atoms with van der Waals surface area (Å²) >= 11 is 0. The molecule has 1 aliphatic heterocycles. The van der Waals surface area contributed by atoms with Crippen molar-refractivity contribution in [3.05, 3.63) is 29.8 Å². The maximum atomic E-state index is 12.3. The van der Waals surface area contributed by atoms with Gasteiger partial charge in [0.1, 0.15) is 5.75 Å². The van der Waals surface area contributed by atoms with Gasteiger partial charge in [-0.1, -0.05) is 26.0 Å². The fourth-order valence-corrected chi connectivity index (χ4v) is 2.98. The van der Waals surface area contributed by atoms with Gasteiger partial charge in [-0.3, -0.25) is 4.79 Å². The van der Waals surface area contributed by atoms with E-state index in [1.165, 1.54) is 5.56 Å². The minimum atomic E-state index is 0. The molecule has 1 fully saturated rings. The number of nitrogens with two attached hydrogens (primary N) is 1. The molecule has 1 aliphatic rings. The summed E-state index contributed by atoms with van der Waals surface area (Å²) in [5.74, 6) is 1.13. The molecule has 4 nitrogen and oxygen atoms in total. The van der Waals surface area contributed by atoms with E-state index in [1.807, 2.05) is 17.0 Å². The number of rotatable bonds is 5. The summed E-state index contributed by atoms with van der Waals surface area (Å²) < 4.78 is 5.15. The van der Waals surface area contributed by atoms with Gasteiger partial charge in [-0.15, -0.1) is 12.4 Å². The molecule has 1 saturated heterocycles. The average molecular weight is 341 g/mol. The molecule has 2 rings (SSSR count). The molecule has 1 amide bonds. The van der Waals surface area contributed by atoms with Crippen LogP contribution in [0, 0.1) is 5.41 Å². The number of hydrogen-bond acceptors (Lipinski definition) is 3. The van der Waals surface area contributed by atoms with Crippen LogP contribution in [0.1, 0.15) is 38.7 Å². The molecule has 1 atom stereocenters. The van der Waals surface area contributed by atoms with Gasteiger partial charge < -0.3 is 15.4 Å². The van der Waals surface area contributed by atoms with Crippen LogP contribution in [0.5, 0.6) is 5.75 Å². The lowest BCUT2D eigenvalue weighted by Gasteiger charge is -2.42. The summed E-state index contributed by atoms with van der Waals surface area (Å²) in [5.41, 5.74) is 7.39. The third kappa shape index (κ3) is 5.40. The number of aryl methyl sites for hydroxylation is 1. The molecular formula is C18H29ClN2O2. The van der Waals surface area contributed by atoms with Gasteiger partial charge in [0.05, 0.1) is 7.11 Å². The number of carbonyl (C=O) groups is 1. The number of piperidine rings is 1. The Balaban J connectivity index is 0.00000264. The van der Waals surface area contributed by atoms with E-state index >= 15 is 0 Å². The zero-order chi connectivity index (χ0) is 16.2. The van der Waals surface area contributed by atoms with Crippen molar-refractivity contribution in [2.45, 2.75) is 45.6 Å². The molecule has 0 aromatic heterocycles. The van der Waals surface area contributed by atoms with E-state index in [4.69, 9.17) is 10.5 Å². The first-order chi connectivity index (χ1) is 10.4. The number of methoxy groups -OCH3 is 1. The zero-order valence-electron chi connectivity index (χ0n) is 14.4. The SMILES string of the molecule is COc1ccc(CCCC(=O)N2CCC(N)C(C)(C)C2)cc1.Cl. The van der Waals surface area contributed by atoms with Crippen LogP contribution in [0.25, 0.3) is 0 Å². The molecule has 1 unspecified atom stereocenters. The lowest BCUT2D eigenvalue weighted by molar-refractivity contribution is -0.134. The van der Waals surface area contributed by atoms with Crippen LogP contribution in [0.15, 0.2) is 24.3 Å². The predicted octanol–water partition coefficient (Wildman–Crippen LogP) is 3.03. The highest BCUT2D eigenvalue weighted by molar-refractivity contribution is 5.85. The van der Waals surface area contributed by atoms with E-state index in [-0.39, 0.29) is 29.8 Å². The molecule has 23 heavy (non-hydrogen) atoms. The third-order valence-electron chi connectivity index (χ3n) is 4.68. The van der Waals surface area contributed by atoms with Crippen molar-refractivity contribution >= 4 is 18.3 Å². The molecule has 0 spiro atoms. The molecule has 0 radical (unpaired) electrons. The maximum absolute atomic E-state index is 12.3. The van der Waals surface area contributed by atoms with Crippen molar-refractivity contribution in [2.75, 3.05) is 20.2 Å². The first-order valence-electron chi connectivity index (χ1n) is 8.08. The quantitative estimate of drug-likeness (QED) is 0.896. The Morgan fingerprint density at radius 3 is 2.57 bits per heavy atom. The number of amides is 1. The van der Waals surface area contributed by atoms with Crippen molar-refractivity contribution in [1.29, 1.82) is 0 Å². The second-order valence-corrected chi connectivity index (χ2v) is 6.90. The molecule has 1 aromatic rings. The largest absolute Gasteiger partial charge is 0.497 e. The van der Waals surface area contributed by atoms with Crippen molar-refractivity contribution in [3.63, 3.8) is 0 Å². The third-order valence-corrected chi connectivity index (χ3v) is 4.68. The summed E-state index contributed by atoms with van der Waals surface area (Å²) in [4.78, 5) is 14.3. The van der Waals surface area contributed by atoms with Crippen LogP contribution in [-0.4, -0.2) is 37.0 Å². The molecule has 130 valence electrons. The van der Waals surface area contributed by atoms with Crippen LogP contribution in [0.3, 0.4) is 0 Å². The van der Waals surface area contributed by atoms with Crippen molar-refractivity contribution in [2.24, 2.45) is 11.1 Å². The Kier molecular flexibility index (Phi) is 7.36. The summed E-state index contributed by atoms with van der Waals surface area (Å²) in [5, 5.41) is 0. The van der Waals surface area contributed by atoms with Gasteiger partial charge in [-0.2, -0.15) is 0 Å². The average Bonchev–Trinajstić information content (AvgIpc) is 2.50. The normalized spacial score (nSPS) is 19.8. The molecular weight excluding hydrogens is 312 g/mol. The Labute approximate surface area is 145 Å². The fraction of sp³-hybridized carbons (Fsp3) is 0.611. The standard InChI is InChI=1S/C18H28N2O2.ClH/c1-18(2)13-20(12-11-16(18)19)17(21)6-4-5-14-7-9-15(22-3)10-8-14;/h7-10,16H,4-6,11-13,19H2,1-3H3;1H. The molecule has 0 saturated carbocycles. The highest BCUT2D eigenvalue weighted by atomic mass is 35.5. The number of nitrogens with zero attached hydrogens (tertiary/aromatic N) is 1. The van der Waals surface area contributed by atoms with Gasteiger partial charge in [0.25, 0.3) is 0 Å². The number of carbonyl (C=O) groups excluding carboxylic acids is 1. The summed E-state index contributed by atoms with van der Waals surface area (Å²) in [7, 11) is 1.67. The van der Waals surface area contributed by atoms with Gasteiger partial charge in [0.15, 0.2) is 0 Å². The smallest absolute Gasteiger partial charge is 0.222 e. The van der Waals surface area contributed by atoms with Crippen molar-refractivity contribution in [3.8, 4) is 5.75 Å². The molecule has 2 N–H and O–H groups in total. The minimum absolute atomic E-state index is 0. The number of likely N-dealkylation sites (tertiary alicyclic amines) is 1. The second-order valence-electron chi connectivity index (χ2n) is 6.90. The van der Waals surface area contributed by atoms with Gasteiger partial charge in [0, 0.05) is 25.6 Å². The van der Waals surface area contributed by atoms with Crippen LogP contribution in [-0.2, 0) is 11.2 Å². The topological polar surface area (TPSA) is 55.6 Å². The number of halogens is 1. The van der Waals surface area contributed by atoms with E-state index in [2.05, 4.69) is 26.0 Å². The van der Waals surface area contributed by atoms with Crippen LogP contribution in [0.4, 0.5) is 0 Å². The van der Waals surface area contributed by atoms with Gasteiger partial charge in [-0.25, -0.2) is 0 Å². The second kappa shape index (κ2) is 8.55. The first-order valence-corrected chi connectivity index (χ1v) is 8.08. The maximum Gasteiger partial charge on any atom is 0.222 e. The van der Waals surface area contributed by atoms with Crippen LogP contribution >= 0.6 is 12.4 Å². The Hall–Kier alpha value is -1.26. The highest BCUT2D eigenvalue weighted by Gasteiger charge is 2.34. The minimum Gasteiger partial charge on any atom is -0.497 e. The molecule has 0 bridgehead atoms. The first kappa shape index (κ1) is 19.8. The number of hydrogen-bond donors (Lipinski definition) is 1. The van der Waals surface area contributed by atoms with Gasteiger partial charge >= 0.3 is 0 Å². The lowest BCUT2D eigenvalue weighted by Crippen LogP contribution is -2.53. The number of benzene rings is 1. The molecule has 0 aliphatic carbocycles. The fourth-order valence-electron chi connectivity index (χ4n) is 2.98. The number of ether oxygens (including phenoxy) is 1. The predicted molar refractivity (Wildman–Crippen MR) is 96.1 cm³/mol. The van der Waals surface area contributed by atoms with Crippen LogP contribution in [0.2, 0.25) is 0 Å². The van der Waals surface area contributed by atoms with Crippen molar-refractivity contribution < 1.29 is 9.53 Å². The zero-order valence-corrected chi connectivity index (χ0v) is 15.2. The Morgan fingerprint density at radius 1 is 1.35 bits per heavy atom. The summed E-state index contributed by atoms with van der Waals surface area (Å²) in [6, 6.07) is 8.24. The van der Waals surface area contributed by atoms with E-state index in [9.17, 15) is 4.79 Å². The van der Waals surface area contributed by atoms with Crippen LogP contribution < -0.4 is 10.5 Å². The Morgan fingerprint density at radius 2 is 2.00 bits per heavy atom. The summed E-state index contributed by atoms with van der Waals surface area (Å²) in [6.07, 6.45) is 3.31. The molecule has 5 heteroatoms. The highest BCUT2D eigenvalue weighted by Crippen LogP contribution is 2.28. The molecule has 1 aromatic carbocycles. The van der Waals surface area contributed by atoms with E-state index in [0.29, 0.717) is 6.42 Å². The van der Waals surface area contributed by atoms with Gasteiger partial charge in [-0.05, 0) is 42.4 Å². The van der Waals surface area contributed by atoms with Crippen molar-refractivity contribution in [1.82, 2.24) is 4.90 Å².